The van der Waals surface area contributed by atoms with E-state index >= 15 is 0 Å². The lowest BCUT2D eigenvalue weighted by atomic mass is 9.93. The molecule has 1 rings (SSSR count). The number of aliphatic hydroxyl groups is 1. The van der Waals surface area contributed by atoms with Gasteiger partial charge in [-0.1, -0.05) is 6.92 Å². The van der Waals surface area contributed by atoms with Crippen LogP contribution in [0.2, 0.25) is 0 Å². The molecule has 1 aliphatic rings. The molecule has 0 spiro atoms. The number of rotatable bonds is 1. The number of hydrogen-bond donors (Lipinski definition) is 2. The summed E-state index contributed by atoms with van der Waals surface area (Å²) >= 11 is 0. The van der Waals surface area contributed by atoms with E-state index in [4.69, 9.17) is 5.11 Å². The molecule has 0 saturated carbocycles. The monoisotopic (exact) mass is 143 g/mol. The minimum Gasteiger partial charge on any atom is -0.394 e. The average molecular weight is 143 g/mol. The fraction of sp³-hybridized carbons (Fsp3) is 0.857. The maximum Gasteiger partial charge on any atom is 0.220 e. The van der Waals surface area contributed by atoms with Crippen LogP contribution in [0.4, 0.5) is 0 Å². The van der Waals surface area contributed by atoms with Crippen molar-refractivity contribution in [3.63, 3.8) is 0 Å². The molecule has 2 atom stereocenters. The van der Waals surface area contributed by atoms with Gasteiger partial charge >= 0.3 is 0 Å². The molecule has 1 amide bonds. The minimum absolute atomic E-state index is 0.0127. The number of aliphatic hydroxyl groups excluding tert-OH is 1. The van der Waals surface area contributed by atoms with E-state index in [1.807, 2.05) is 6.92 Å². The van der Waals surface area contributed by atoms with Crippen molar-refractivity contribution in [3.05, 3.63) is 0 Å². The topological polar surface area (TPSA) is 49.3 Å². The van der Waals surface area contributed by atoms with Crippen LogP contribution < -0.4 is 5.32 Å². The number of piperidine rings is 1. The first-order chi connectivity index (χ1) is 4.74. The van der Waals surface area contributed by atoms with E-state index in [1.54, 1.807) is 0 Å². The third-order valence-electron chi connectivity index (χ3n) is 2.06. The molecule has 3 nitrogen and oxygen atoms in total. The predicted molar refractivity (Wildman–Crippen MR) is 37.4 cm³/mol. The molecule has 1 saturated heterocycles. The molecule has 0 bridgehead atoms. The van der Waals surface area contributed by atoms with Crippen molar-refractivity contribution >= 4 is 5.91 Å². The summed E-state index contributed by atoms with van der Waals surface area (Å²) in [6, 6.07) is -0.0127. The van der Waals surface area contributed by atoms with Crippen molar-refractivity contribution in [2.24, 2.45) is 5.92 Å². The maximum atomic E-state index is 10.8. The summed E-state index contributed by atoms with van der Waals surface area (Å²) in [5.41, 5.74) is 0. The zero-order valence-corrected chi connectivity index (χ0v) is 6.13. The van der Waals surface area contributed by atoms with Gasteiger partial charge in [-0.2, -0.15) is 0 Å². The maximum absolute atomic E-state index is 10.8. The third kappa shape index (κ3) is 1.48. The van der Waals surface area contributed by atoms with Crippen molar-refractivity contribution in [2.75, 3.05) is 6.61 Å². The van der Waals surface area contributed by atoms with Crippen LogP contribution >= 0.6 is 0 Å². The van der Waals surface area contributed by atoms with Gasteiger partial charge in [-0.3, -0.25) is 4.79 Å². The number of amides is 1. The van der Waals surface area contributed by atoms with Crippen molar-refractivity contribution in [1.82, 2.24) is 5.32 Å². The Hall–Kier alpha value is -0.570. The SMILES string of the molecule is CC1CCC(=O)NC1CO. The average Bonchev–Trinajstić information content (AvgIpc) is 1.94. The molecule has 1 heterocycles. The minimum atomic E-state index is -0.0127. The van der Waals surface area contributed by atoms with Gasteiger partial charge in [-0.15, -0.1) is 0 Å². The van der Waals surface area contributed by atoms with Crippen molar-refractivity contribution in [1.29, 1.82) is 0 Å². The molecular weight excluding hydrogens is 130 g/mol. The van der Waals surface area contributed by atoms with Gasteiger partial charge in [0.05, 0.1) is 12.6 Å². The summed E-state index contributed by atoms with van der Waals surface area (Å²) < 4.78 is 0. The Bertz CT molecular complexity index is 136. The summed E-state index contributed by atoms with van der Waals surface area (Å²) in [7, 11) is 0. The van der Waals surface area contributed by atoms with Gasteiger partial charge in [0.15, 0.2) is 0 Å². The summed E-state index contributed by atoms with van der Waals surface area (Å²) in [4.78, 5) is 10.8. The zero-order chi connectivity index (χ0) is 7.56. The Balaban J connectivity index is 2.45. The van der Waals surface area contributed by atoms with Crippen molar-refractivity contribution < 1.29 is 9.90 Å². The molecule has 10 heavy (non-hydrogen) atoms. The lowest BCUT2D eigenvalue weighted by Gasteiger charge is -2.27. The second kappa shape index (κ2) is 3.01. The molecule has 1 fully saturated rings. The number of nitrogens with one attached hydrogen (secondary N) is 1. The van der Waals surface area contributed by atoms with Gasteiger partial charge in [-0.25, -0.2) is 0 Å². The van der Waals surface area contributed by atoms with E-state index in [0.717, 1.165) is 6.42 Å². The molecular formula is C7H13NO2. The number of hydrogen-bond acceptors (Lipinski definition) is 2. The molecule has 0 radical (unpaired) electrons. The second-order valence-electron chi connectivity index (χ2n) is 2.87. The highest BCUT2D eigenvalue weighted by Gasteiger charge is 2.23. The smallest absolute Gasteiger partial charge is 0.220 e. The first kappa shape index (κ1) is 7.54. The van der Waals surface area contributed by atoms with Gasteiger partial charge in [0.2, 0.25) is 5.91 Å². The quantitative estimate of drug-likeness (QED) is 0.538. The Morgan fingerprint density at radius 1 is 1.80 bits per heavy atom. The van der Waals surface area contributed by atoms with Crippen molar-refractivity contribution in [2.45, 2.75) is 25.8 Å². The van der Waals surface area contributed by atoms with Gasteiger partial charge < -0.3 is 10.4 Å². The Labute approximate surface area is 60.4 Å². The molecule has 0 aromatic carbocycles. The van der Waals surface area contributed by atoms with Gasteiger partial charge in [0.1, 0.15) is 0 Å². The van der Waals surface area contributed by atoms with Gasteiger partial charge in [0.25, 0.3) is 0 Å². The van der Waals surface area contributed by atoms with Gasteiger partial charge in [0, 0.05) is 6.42 Å². The van der Waals surface area contributed by atoms with Crippen LogP contribution in [0.3, 0.4) is 0 Å². The number of carbonyl (C=O) groups is 1. The predicted octanol–water partition coefficient (Wildman–Crippen LogP) is -0.107. The van der Waals surface area contributed by atoms with Crippen LogP contribution in [-0.2, 0) is 4.79 Å². The molecule has 2 unspecified atom stereocenters. The summed E-state index contributed by atoms with van der Waals surface area (Å²) in [5, 5.41) is 11.5. The fourth-order valence-corrected chi connectivity index (χ4v) is 1.21. The van der Waals surface area contributed by atoms with E-state index in [0.29, 0.717) is 12.3 Å². The zero-order valence-electron chi connectivity index (χ0n) is 6.13. The van der Waals surface area contributed by atoms with E-state index in [-0.39, 0.29) is 18.6 Å². The molecule has 1 aliphatic heterocycles. The highest BCUT2D eigenvalue weighted by molar-refractivity contribution is 5.77. The Morgan fingerprint density at radius 3 is 3.00 bits per heavy atom. The van der Waals surface area contributed by atoms with E-state index in [1.165, 1.54) is 0 Å². The van der Waals surface area contributed by atoms with Gasteiger partial charge in [-0.05, 0) is 12.3 Å². The fourth-order valence-electron chi connectivity index (χ4n) is 1.21. The first-order valence-electron chi connectivity index (χ1n) is 3.64. The molecule has 58 valence electrons. The first-order valence-corrected chi connectivity index (χ1v) is 3.64. The van der Waals surface area contributed by atoms with Crippen LogP contribution in [0.15, 0.2) is 0 Å². The van der Waals surface area contributed by atoms with Crippen LogP contribution in [0.25, 0.3) is 0 Å². The third-order valence-corrected chi connectivity index (χ3v) is 2.06. The second-order valence-corrected chi connectivity index (χ2v) is 2.87. The Kier molecular flexibility index (Phi) is 2.27. The molecule has 0 aromatic heterocycles. The van der Waals surface area contributed by atoms with Crippen LogP contribution in [0, 0.1) is 5.92 Å². The summed E-state index contributed by atoms with van der Waals surface area (Å²) in [6.07, 6.45) is 1.51. The summed E-state index contributed by atoms with van der Waals surface area (Å²) in [5.74, 6) is 0.486. The van der Waals surface area contributed by atoms with E-state index in [9.17, 15) is 4.79 Å². The summed E-state index contributed by atoms with van der Waals surface area (Å²) in [6.45, 7) is 2.10. The largest absolute Gasteiger partial charge is 0.394 e. The highest BCUT2D eigenvalue weighted by Crippen LogP contribution is 2.15. The van der Waals surface area contributed by atoms with Crippen molar-refractivity contribution in [3.8, 4) is 0 Å². The lowest BCUT2D eigenvalue weighted by molar-refractivity contribution is -0.124. The molecule has 0 aliphatic carbocycles. The molecule has 0 aromatic rings. The van der Waals surface area contributed by atoms with Crippen LogP contribution in [0.5, 0.6) is 0 Å². The number of carbonyl (C=O) groups excluding carboxylic acids is 1. The van der Waals surface area contributed by atoms with E-state index < -0.39 is 0 Å². The molecule has 2 N–H and O–H groups in total. The lowest BCUT2D eigenvalue weighted by Crippen LogP contribution is -2.45. The highest BCUT2D eigenvalue weighted by atomic mass is 16.3. The standard InChI is InChI=1S/C7H13NO2/c1-5-2-3-7(10)8-6(5)4-9/h5-6,9H,2-4H2,1H3,(H,8,10). The normalized spacial score (nSPS) is 33.6. The molecule has 3 heteroatoms. The van der Waals surface area contributed by atoms with Crippen LogP contribution in [-0.4, -0.2) is 23.7 Å². The van der Waals surface area contributed by atoms with Crippen LogP contribution in [0.1, 0.15) is 19.8 Å². The van der Waals surface area contributed by atoms with E-state index in [2.05, 4.69) is 5.32 Å². The Morgan fingerprint density at radius 2 is 2.50 bits per heavy atom.